The molecule has 52 heavy (non-hydrogen) atoms. The fourth-order valence-electron chi connectivity index (χ4n) is 7.94. The van der Waals surface area contributed by atoms with Gasteiger partial charge < -0.3 is 31.3 Å². The minimum atomic E-state index is -1.05. The second kappa shape index (κ2) is 14.9. The number of aromatic amines is 1. The first-order valence-corrected chi connectivity index (χ1v) is 17.9. The van der Waals surface area contributed by atoms with E-state index in [0.717, 1.165) is 52.4 Å². The summed E-state index contributed by atoms with van der Waals surface area (Å²) in [6.45, 7) is 3.53. The third-order valence-corrected chi connectivity index (χ3v) is 10.9. The van der Waals surface area contributed by atoms with Gasteiger partial charge in [0.05, 0.1) is 11.7 Å². The van der Waals surface area contributed by atoms with Gasteiger partial charge in [0.1, 0.15) is 12.1 Å². The number of carbonyl (C=O) groups excluding carboxylic acids is 4. The zero-order valence-corrected chi connectivity index (χ0v) is 29.0. The topological polar surface area (TPSA) is 186 Å². The van der Waals surface area contributed by atoms with Crippen LogP contribution in [0.1, 0.15) is 53.6 Å². The van der Waals surface area contributed by atoms with Crippen molar-refractivity contribution in [1.29, 1.82) is 0 Å². The number of nitrogens with zero attached hydrogens (tertiary/aromatic N) is 2. The number of hydrogen-bond donors (Lipinski definition) is 6. The molecule has 1 aromatic heterocycles. The Labute approximate surface area is 300 Å². The summed E-state index contributed by atoms with van der Waals surface area (Å²) < 4.78 is 0. The smallest absolute Gasteiger partial charge is 0.404 e. The number of aromatic nitrogens is 2. The van der Waals surface area contributed by atoms with Crippen molar-refractivity contribution in [3.63, 3.8) is 0 Å². The van der Waals surface area contributed by atoms with E-state index in [1.54, 1.807) is 23.2 Å². The third-order valence-electron chi connectivity index (χ3n) is 10.9. The number of aryl methyl sites for hydroxylation is 1. The maximum atomic E-state index is 13.7. The molecule has 2 unspecified atom stereocenters. The van der Waals surface area contributed by atoms with Gasteiger partial charge >= 0.3 is 6.09 Å². The normalized spacial score (nSPS) is 21.6. The van der Waals surface area contributed by atoms with Crippen LogP contribution in [0.25, 0.3) is 22.0 Å². The molecule has 3 atom stereocenters. The Balaban J connectivity index is 1.04. The highest BCUT2D eigenvalue weighted by molar-refractivity contribution is 6.00. The lowest BCUT2D eigenvalue weighted by Crippen LogP contribution is -2.48. The van der Waals surface area contributed by atoms with Crippen molar-refractivity contribution < 1.29 is 29.1 Å². The van der Waals surface area contributed by atoms with Crippen LogP contribution in [-0.2, 0) is 20.8 Å². The molecule has 2 saturated heterocycles. The van der Waals surface area contributed by atoms with Crippen molar-refractivity contribution >= 4 is 46.3 Å². The molecule has 2 aliphatic heterocycles. The molecule has 0 spiro atoms. The number of carbonyl (C=O) groups is 5. The van der Waals surface area contributed by atoms with Crippen LogP contribution in [0.4, 0.5) is 10.5 Å². The molecule has 3 aliphatic rings. The maximum Gasteiger partial charge on any atom is 0.404 e. The Hall–Kier alpha value is -5.72. The van der Waals surface area contributed by atoms with Crippen molar-refractivity contribution in [3.05, 3.63) is 83.6 Å². The average Bonchev–Trinajstić information content (AvgIpc) is 3.88. The van der Waals surface area contributed by atoms with Crippen LogP contribution in [-0.4, -0.2) is 81.6 Å². The Bertz CT molecular complexity index is 2000. The number of H-pyrrole nitrogens is 1. The molecule has 3 fully saturated rings. The standard InChI is InChI=1S/C39H43N7O6/c1-22-16-27(38(50)46-15-14-29-20-40-37(49)34(29)46)11-13-31(22)25-6-2-23(3-7-25)17-33(36(48)43-30-12-10-28-21-42-45-32(28)18-30)44-35(47)26-8-4-24(5-9-26)19-41-39(51)52/h2-3,6-7,10-13,16,18,21,24,26,29,33-34,41H,4-5,8-9,14-15,17,19-20H2,1H3,(H,40,49)(H,42,45)(H,43,48)(H,44,47)(H,51,52)/t24-,26-,29?,33-,34?/m0/s1. The van der Waals surface area contributed by atoms with Crippen molar-refractivity contribution in [1.82, 2.24) is 31.0 Å². The fraction of sp³-hybridized carbons (Fsp3) is 0.385. The SMILES string of the molecule is Cc1cc(C(=O)N2CCC3CNC(=O)C32)ccc1-c1ccc(C[C@H](NC(=O)[C@H]2CC[C@H](CNC(=O)O)CC2)C(=O)Nc2ccc3cn[nH]c3c2)cc1. The van der Waals surface area contributed by atoms with E-state index in [2.05, 4.69) is 31.5 Å². The van der Waals surface area contributed by atoms with Crippen LogP contribution >= 0.6 is 0 Å². The molecule has 4 aromatic rings. The van der Waals surface area contributed by atoms with E-state index >= 15 is 0 Å². The van der Waals surface area contributed by atoms with Crippen molar-refractivity contribution in [2.24, 2.45) is 17.8 Å². The lowest BCUT2D eigenvalue weighted by atomic mass is 9.81. The van der Waals surface area contributed by atoms with E-state index in [1.807, 2.05) is 55.5 Å². The first kappa shape index (κ1) is 34.7. The van der Waals surface area contributed by atoms with Crippen LogP contribution in [0, 0.1) is 24.7 Å². The lowest BCUT2D eigenvalue weighted by molar-refractivity contribution is -0.130. The highest BCUT2D eigenvalue weighted by Gasteiger charge is 2.45. The number of anilines is 1. The average molecular weight is 706 g/mol. The summed E-state index contributed by atoms with van der Waals surface area (Å²) in [7, 11) is 0. The molecule has 5 amide bonds. The number of likely N-dealkylation sites (tertiary alicyclic amines) is 1. The molecular weight excluding hydrogens is 662 g/mol. The predicted molar refractivity (Wildman–Crippen MR) is 194 cm³/mol. The third kappa shape index (κ3) is 7.48. The molecule has 13 nitrogen and oxygen atoms in total. The summed E-state index contributed by atoms with van der Waals surface area (Å²) in [4.78, 5) is 65.6. The molecule has 270 valence electrons. The molecule has 1 saturated carbocycles. The van der Waals surface area contributed by atoms with Gasteiger partial charge in [-0.25, -0.2) is 4.79 Å². The predicted octanol–water partition coefficient (Wildman–Crippen LogP) is 4.24. The van der Waals surface area contributed by atoms with E-state index < -0.39 is 18.2 Å². The van der Waals surface area contributed by atoms with E-state index in [-0.39, 0.29) is 47.8 Å². The van der Waals surface area contributed by atoms with Gasteiger partial charge in [-0.15, -0.1) is 0 Å². The lowest BCUT2D eigenvalue weighted by Gasteiger charge is -2.29. The maximum absolute atomic E-state index is 13.7. The van der Waals surface area contributed by atoms with Crippen LogP contribution in [0.2, 0.25) is 0 Å². The van der Waals surface area contributed by atoms with Gasteiger partial charge in [-0.2, -0.15) is 5.10 Å². The number of benzene rings is 3. The van der Waals surface area contributed by atoms with Gasteiger partial charge in [-0.05, 0) is 97.5 Å². The number of fused-ring (bicyclic) bond motifs is 2. The zero-order chi connectivity index (χ0) is 36.4. The largest absolute Gasteiger partial charge is 0.465 e. The van der Waals surface area contributed by atoms with Crippen LogP contribution in [0.15, 0.2) is 66.9 Å². The summed E-state index contributed by atoms with van der Waals surface area (Å²) in [5.74, 6) is -0.638. The summed E-state index contributed by atoms with van der Waals surface area (Å²) in [6.07, 6.45) is 4.43. The van der Waals surface area contributed by atoms with Gasteiger partial charge in [0, 0.05) is 54.5 Å². The van der Waals surface area contributed by atoms with Gasteiger partial charge in [0.2, 0.25) is 17.7 Å². The molecular formula is C39H43N7O6. The van der Waals surface area contributed by atoms with E-state index in [0.29, 0.717) is 43.7 Å². The van der Waals surface area contributed by atoms with Gasteiger partial charge in [-0.1, -0.05) is 30.3 Å². The van der Waals surface area contributed by atoms with Gasteiger partial charge in [-0.3, -0.25) is 24.3 Å². The van der Waals surface area contributed by atoms with Crippen LogP contribution < -0.4 is 21.3 Å². The second-order valence-electron chi connectivity index (χ2n) is 14.3. The molecule has 7 rings (SSSR count). The van der Waals surface area contributed by atoms with Gasteiger partial charge in [0.25, 0.3) is 5.91 Å². The number of nitrogens with one attached hydrogen (secondary N) is 5. The van der Waals surface area contributed by atoms with Crippen molar-refractivity contribution in [2.75, 3.05) is 25.0 Å². The van der Waals surface area contributed by atoms with E-state index in [4.69, 9.17) is 5.11 Å². The fourth-order valence-corrected chi connectivity index (χ4v) is 7.94. The highest BCUT2D eigenvalue weighted by Crippen LogP contribution is 2.32. The van der Waals surface area contributed by atoms with Crippen molar-refractivity contribution in [3.8, 4) is 11.1 Å². The molecule has 1 aliphatic carbocycles. The summed E-state index contributed by atoms with van der Waals surface area (Å²) in [5.41, 5.74) is 5.62. The molecule has 0 bridgehead atoms. The molecule has 0 radical (unpaired) electrons. The molecule has 13 heteroatoms. The Kier molecular flexibility index (Phi) is 9.92. The minimum Gasteiger partial charge on any atom is -0.465 e. The minimum absolute atomic E-state index is 0.0749. The Morgan fingerprint density at radius 2 is 1.77 bits per heavy atom. The second-order valence-corrected chi connectivity index (χ2v) is 14.3. The van der Waals surface area contributed by atoms with Crippen LogP contribution in [0.5, 0.6) is 0 Å². The van der Waals surface area contributed by atoms with Crippen LogP contribution in [0.3, 0.4) is 0 Å². The Morgan fingerprint density at radius 1 is 0.981 bits per heavy atom. The summed E-state index contributed by atoms with van der Waals surface area (Å²) >= 11 is 0. The first-order chi connectivity index (χ1) is 25.1. The number of carboxylic acid groups (broad SMARTS) is 1. The first-order valence-electron chi connectivity index (χ1n) is 17.9. The number of amides is 5. The summed E-state index contributed by atoms with van der Waals surface area (Å²) in [6, 6.07) is 17.7. The number of rotatable bonds is 10. The molecule has 3 heterocycles. The quantitative estimate of drug-likeness (QED) is 0.143. The molecule has 3 aromatic carbocycles. The van der Waals surface area contributed by atoms with E-state index in [9.17, 15) is 24.0 Å². The van der Waals surface area contributed by atoms with E-state index in [1.165, 1.54) is 0 Å². The highest BCUT2D eigenvalue weighted by atomic mass is 16.4. The van der Waals surface area contributed by atoms with Gasteiger partial charge in [0.15, 0.2) is 0 Å². The van der Waals surface area contributed by atoms with Crippen molar-refractivity contribution in [2.45, 2.75) is 57.5 Å². The number of hydrogen-bond acceptors (Lipinski definition) is 6. The zero-order valence-electron chi connectivity index (χ0n) is 29.0. The monoisotopic (exact) mass is 705 g/mol. The molecule has 6 N–H and O–H groups in total. The Morgan fingerprint density at radius 3 is 2.52 bits per heavy atom. The summed E-state index contributed by atoms with van der Waals surface area (Å²) in [5, 5.41) is 28.1.